The topological polar surface area (TPSA) is 345 Å². The van der Waals surface area contributed by atoms with Crippen molar-refractivity contribution in [3.05, 3.63) is 59.7 Å². The summed E-state index contributed by atoms with van der Waals surface area (Å²) in [6.07, 6.45) is 4.34. The second kappa shape index (κ2) is 30.7. The van der Waals surface area contributed by atoms with Gasteiger partial charge in [-0.2, -0.15) is 0 Å². The lowest BCUT2D eigenvalue weighted by Crippen LogP contribution is -2.62. The van der Waals surface area contributed by atoms with Gasteiger partial charge in [0, 0.05) is 24.2 Å². The third-order valence-electron chi connectivity index (χ3n) is 20.3. The van der Waals surface area contributed by atoms with Crippen molar-refractivity contribution in [3.8, 4) is 0 Å². The van der Waals surface area contributed by atoms with Crippen LogP contribution in [0.1, 0.15) is 188 Å². The molecule has 550 valence electrons. The van der Waals surface area contributed by atoms with Gasteiger partial charge in [-0.3, -0.25) is 33.6 Å². The molecule has 10 amide bonds. The Bertz CT molecular complexity index is 3490. The number of hydrogen-bond acceptors (Lipinski definition) is 14. The molecule has 6 fully saturated rings. The number of fused-ring (bicyclic) bond motifs is 2. The van der Waals surface area contributed by atoms with Crippen LogP contribution in [0.3, 0.4) is 0 Å². The number of nitrogens with one attached hydrogen (secondary N) is 8. The smallest absolute Gasteiger partial charge is 0.315 e. The molecule has 0 spiro atoms. The van der Waals surface area contributed by atoms with Crippen molar-refractivity contribution in [2.75, 3.05) is 24.8 Å². The summed E-state index contributed by atoms with van der Waals surface area (Å²) in [4.78, 5) is 125. The van der Waals surface area contributed by atoms with Crippen molar-refractivity contribution >= 4 is 73.0 Å². The third-order valence-corrected chi connectivity index (χ3v) is 23.4. The van der Waals surface area contributed by atoms with E-state index in [0.717, 1.165) is 49.7 Å². The molecule has 0 aromatic heterocycles. The van der Waals surface area contributed by atoms with E-state index in [4.69, 9.17) is 0 Å². The van der Waals surface area contributed by atoms with E-state index in [2.05, 4.69) is 56.4 Å². The molecule has 2 aliphatic heterocycles. The van der Waals surface area contributed by atoms with Gasteiger partial charge >= 0.3 is 12.1 Å². The number of aryl methyl sites for hydroxylation is 2. The molecule has 9 N–H and O–H groups in total. The number of sulfone groups is 2. The largest absolute Gasteiger partial charge is 0.381 e. The summed E-state index contributed by atoms with van der Waals surface area (Å²) < 4.78 is 51.4. The zero-order valence-electron chi connectivity index (χ0n) is 59.6. The lowest BCUT2D eigenvalue weighted by atomic mass is 9.79. The molecule has 4 saturated carbocycles. The van der Waals surface area contributed by atoms with Gasteiger partial charge in [-0.25, -0.2) is 26.4 Å². The first-order valence-electron chi connectivity index (χ1n) is 33.8. The average molecular weight is 1410 g/mol. The molecule has 98 heavy (non-hydrogen) atoms. The fourth-order valence-corrected chi connectivity index (χ4v) is 16.0. The average Bonchev–Trinajstić information content (AvgIpc) is 1.53. The number of urea groups is 2. The number of Topliss-reactive ketones (excluding diaryl/α,β-unsaturated/α-hetero) is 1. The first-order valence-corrected chi connectivity index (χ1v) is 37.1. The zero-order chi connectivity index (χ0) is 72.0. The van der Waals surface area contributed by atoms with Gasteiger partial charge in [-0.15, -0.1) is 0 Å². The number of carbonyl (C=O) groups excluding carboxylic acids is 9. The first-order chi connectivity index (χ1) is 44.0. The van der Waals surface area contributed by atoms with Crippen molar-refractivity contribution in [1.82, 2.24) is 52.3 Å². The second-order valence-corrected chi connectivity index (χ2v) is 37.3. The number of aliphatic hydroxyl groups excluding tert-OH is 1. The third kappa shape index (κ3) is 19.9. The maximum absolute atomic E-state index is 14.2. The number of amides is 10. The van der Waals surface area contributed by atoms with Crippen LogP contribution in [-0.4, -0.2) is 163 Å². The normalized spacial score (nSPS) is 23.1. The lowest BCUT2D eigenvalue weighted by molar-refractivity contribution is -0.145. The zero-order valence-corrected chi connectivity index (χ0v) is 61.2. The van der Waals surface area contributed by atoms with Crippen LogP contribution in [-0.2, 0) is 53.2 Å². The Morgan fingerprint density at radius 2 is 0.888 bits per heavy atom. The minimum atomic E-state index is -3.90. The van der Waals surface area contributed by atoms with Gasteiger partial charge in [0.1, 0.15) is 35.9 Å². The lowest BCUT2D eigenvalue weighted by Gasteiger charge is -2.39. The predicted molar refractivity (Wildman–Crippen MR) is 377 cm³/mol. The van der Waals surface area contributed by atoms with Crippen molar-refractivity contribution in [3.63, 3.8) is 0 Å². The van der Waals surface area contributed by atoms with Gasteiger partial charge in [0.05, 0.1) is 21.9 Å². The van der Waals surface area contributed by atoms with E-state index in [1.54, 1.807) is 29.2 Å². The molecule has 0 bridgehead atoms. The number of ketones is 1. The summed E-state index contributed by atoms with van der Waals surface area (Å²) in [7, 11) is -7.77. The summed E-state index contributed by atoms with van der Waals surface area (Å²) in [6, 6.07) is 5.64. The van der Waals surface area contributed by atoms with Gasteiger partial charge < -0.3 is 57.4 Å². The minimum Gasteiger partial charge on any atom is -0.381 e. The Labute approximate surface area is 583 Å². The maximum Gasteiger partial charge on any atom is 0.315 e. The van der Waals surface area contributed by atoms with E-state index in [-0.39, 0.29) is 83.3 Å². The molecule has 4 aliphatic carbocycles. The standard InChI is InChI=1S/C35H55N5O7S.C35H53N5O7S.2CH4/c2*1-20-13-15-22(16-14-20)48(46,47)19-36-30(43)27(41)24(17-21-11-10-12-21)37-29(42)26-25-23(35(25,8)9)18-40(26)31(44)28(33(2,3)4)38-32(45)39-34(5,6)7;;/h13-16,21,23-28,41H,10-12,17-19H2,1-9H3,(H,36,43)(H,37,42)(H2,38,39,45);13-16,21,23-26,28H,10-12,17-19H2,1-9H3,(H,36,43)(H,37,42)(H2,38,39,45);2*1H4/t23?,24?,25?,26-,27?,28+;23?,24?,25?,26-,28+;;/m00../s1. The molecular weight excluding hydrogens is 1290 g/mol. The van der Waals surface area contributed by atoms with Crippen molar-refractivity contribution in [2.24, 2.45) is 57.2 Å². The number of rotatable bonds is 22. The maximum atomic E-state index is 14.2. The highest BCUT2D eigenvalue weighted by molar-refractivity contribution is 7.91. The van der Waals surface area contributed by atoms with Gasteiger partial charge in [0.15, 0.2) is 25.8 Å². The van der Waals surface area contributed by atoms with Gasteiger partial charge in [0.2, 0.25) is 29.4 Å². The number of nitrogens with zero attached hydrogens (tertiary/aromatic N) is 2. The molecule has 2 heterocycles. The van der Waals surface area contributed by atoms with E-state index < -0.39 is 143 Å². The summed E-state index contributed by atoms with van der Waals surface area (Å²) in [5.74, 6) is -6.03. The highest BCUT2D eigenvalue weighted by Crippen LogP contribution is 2.66. The van der Waals surface area contributed by atoms with Gasteiger partial charge in [0.25, 0.3) is 11.8 Å². The quantitative estimate of drug-likeness (QED) is 0.0526. The number of aliphatic hydroxyl groups is 1. The van der Waals surface area contributed by atoms with Crippen LogP contribution in [0.25, 0.3) is 0 Å². The number of benzene rings is 2. The number of piperidine rings is 2. The molecular formula is C72H116N10O14S2. The fourth-order valence-electron chi connectivity index (χ4n) is 14.0. The van der Waals surface area contributed by atoms with Crippen LogP contribution in [0.5, 0.6) is 0 Å². The molecule has 7 unspecified atom stereocenters. The van der Waals surface area contributed by atoms with E-state index in [1.165, 1.54) is 29.2 Å². The predicted octanol–water partition coefficient (Wildman–Crippen LogP) is 7.23. The number of hydrogen-bond donors (Lipinski definition) is 9. The summed E-state index contributed by atoms with van der Waals surface area (Å²) >= 11 is 0. The van der Waals surface area contributed by atoms with E-state index >= 15 is 0 Å². The molecule has 8 rings (SSSR count). The van der Waals surface area contributed by atoms with Crippen molar-refractivity contribution < 1.29 is 65.1 Å². The number of carbonyl (C=O) groups is 9. The van der Waals surface area contributed by atoms with E-state index in [0.29, 0.717) is 19.5 Å². The molecule has 11 atom stereocenters. The first kappa shape index (κ1) is 82.0. The molecule has 2 aromatic rings. The van der Waals surface area contributed by atoms with Crippen LogP contribution in [0.2, 0.25) is 0 Å². The fraction of sp³-hybridized carbons (Fsp3) is 0.708. The highest BCUT2D eigenvalue weighted by Gasteiger charge is 2.71. The SMILES string of the molecule is C.C.Cc1ccc(S(=O)(=O)CNC(=O)C(=O)C(CC2CCC2)NC(=O)[C@@H]2C3C(CN2C(=O)[C@@H](NC(=O)NC(C)(C)C)C(C)(C)C)C3(C)C)cc1.Cc1ccc(S(=O)(=O)CNC(=O)C(O)C(CC2CCC2)NC(=O)[C@@H]2C3C(CN2C(=O)[C@@H](NC(=O)NC(C)(C)C)C(C)(C)C)C3(C)C)cc1. The van der Waals surface area contributed by atoms with E-state index in [9.17, 15) is 65.1 Å². The Hall–Kier alpha value is -6.67. The Morgan fingerprint density at radius 1 is 0.531 bits per heavy atom. The van der Waals surface area contributed by atoms with Crippen LogP contribution in [0, 0.1) is 71.0 Å². The molecule has 26 heteroatoms. The minimum absolute atomic E-state index is 0. The van der Waals surface area contributed by atoms with Crippen molar-refractivity contribution in [2.45, 2.75) is 254 Å². The molecule has 6 aliphatic rings. The Balaban J connectivity index is 0.000000347. The van der Waals surface area contributed by atoms with Crippen LogP contribution < -0.4 is 42.5 Å². The second-order valence-electron chi connectivity index (χ2n) is 33.3. The molecule has 2 aromatic carbocycles. The monoisotopic (exact) mass is 1410 g/mol. The Kier molecular flexibility index (Phi) is 25.7. The van der Waals surface area contributed by atoms with Crippen LogP contribution in [0.4, 0.5) is 9.59 Å². The summed E-state index contributed by atoms with van der Waals surface area (Å²) in [6.45, 7) is 34.6. The Morgan fingerprint density at radius 3 is 1.23 bits per heavy atom. The van der Waals surface area contributed by atoms with Gasteiger partial charge in [-0.05, 0) is 150 Å². The molecule has 0 radical (unpaired) electrons. The summed E-state index contributed by atoms with van der Waals surface area (Å²) in [5, 5.41) is 32.9. The highest BCUT2D eigenvalue weighted by atomic mass is 32.2. The molecule has 24 nitrogen and oxygen atoms in total. The molecule has 2 saturated heterocycles. The summed E-state index contributed by atoms with van der Waals surface area (Å²) in [5.41, 5.74) is -1.06. The van der Waals surface area contributed by atoms with Crippen LogP contribution in [0.15, 0.2) is 58.3 Å². The van der Waals surface area contributed by atoms with Gasteiger partial charge in [-0.1, -0.05) is 158 Å². The van der Waals surface area contributed by atoms with E-state index in [1.807, 2.05) is 111 Å². The van der Waals surface area contributed by atoms with Crippen LogP contribution >= 0.6 is 0 Å². The van der Waals surface area contributed by atoms with Crippen molar-refractivity contribution in [1.29, 1.82) is 0 Å². The number of likely N-dealkylation sites (tertiary alicyclic amines) is 2.